The summed E-state index contributed by atoms with van der Waals surface area (Å²) in [5.74, 6) is -2.11. The second-order valence-corrected chi connectivity index (χ2v) is 11.6. The number of carbonyl (C=O) groups excluding carboxylic acids is 4. The maximum absolute atomic E-state index is 13.4. The van der Waals surface area contributed by atoms with E-state index >= 15 is 0 Å². The summed E-state index contributed by atoms with van der Waals surface area (Å²) in [4.78, 5) is 65.9. The summed E-state index contributed by atoms with van der Waals surface area (Å²) < 4.78 is 0. The Labute approximate surface area is 250 Å². The van der Waals surface area contributed by atoms with Gasteiger partial charge in [0.2, 0.25) is 17.7 Å². The van der Waals surface area contributed by atoms with E-state index < -0.39 is 29.6 Å². The van der Waals surface area contributed by atoms with Crippen molar-refractivity contribution in [3.8, 4) is 0 Å². The lowest BCUT2D eigenvalue weighted by atomic mass is 9.81. The Bertz CT molecular complexity index is 1340. The second-order valence-electron chi connectivity index (χ2n) is 11.2. The highest BCUT2D eigenvalue weighted by atomic mass is 35.5. The van der Waals surface area contributed by atoms with Crippen molar-refractivity contribution in [2.75, 3.05) is 11.4 Å². The predicted molar refractivity (Wildman–Crippen MR) is 158 cm³/mol. The van der Waals surface area contributed by atoms with E-state index in [9.17, 15) is 29.1 Å². The average molecular weight is 597 g/mol. The number of benzene rings is 2. The fourth-order valence-corrected chi connectivity index (χ4v) is 6.22. The zero-order valence-electron chi connectivity index (χ0n) is 24.1. The van der Waals surface area contributed by atoms with Crippen molar-refractivity contribution < 1.29 is 29.1 Å². The van der Waals surface area contributed by atoms with E-state index in [0.29, 0.717) is 42.1 Å². The number of hydrogen-bond acceptors (Lipinski definition) is 5. The fourth-order valence-electron chi connectivity index (χ4n) is 6.09. The number of rotatable bonds is 10. The van der Waals surface area contributed by atoms with Crippen molar-refractivity contribution in [2.24, 2.45) is 5.41 Å². The third kappa shape index (κ3) is 6.59. The first kappa shape index (κ1) is 31.0. The highest BCUT2D eigenvalue weighted by Gasteiger charge is 2.46. The van der Waals surface area contributed by atoms with Gasteiger partial charge in [0.25, 0.3) is 5.91 Å². The molecule has 3 N–H and O–H groups in total. The topological polar surface area (TPSA) is 136 Å². The van der Waals surface area contributed by atoms with Crippen molar-refractivity contribution in [3.63, 3.8) is 0 Å². The molecule has 2 aromatic rings. The van der Waals surface area contributed by atoms with Gasteiger partial charge in [-0.2, -0.15) is 0 Å². The lowest BCUT2D eigenvalue weighted by Crippen LogP contribution is -2.49. The van der Waals surface area contributed by atoms with Crippen LogP contribution in [0.4, 0.5) is 5.69 Å². The average Bonchev–Trinajstić information content (AvgIpc) is 3.52. The summed E-state index contributed by atoms with van der Waals surface area (Å²) in [6, 6.07) is 12.1. The van der Waals surface area contributed by atoms with Gasteiger partial charge >= 0.3 is 5.97 Å². The quantitative estimate of drug-likeness (QED) is 0.381. The number of anilines is 1. The Morgan fingerprint density at radius 1 is 1.02 bits per heavy atom. The third-order valence-electron chi connectivity index (χ3n) is 8.33. The highest BCUT2D eigenvalue weighted by Crippen LogP contribution is 2.42. The molecule has 0 radical (unpaired) electrons. The van der Waals surface area contributed by atoms with Crippen LogP contribution in [0.2, 0.25) is 5.02 Å². The maximum Gasteiger partial charge on any atom is 0.326 e. The molecular formula is C31H37ClN4O6. The number of hydrogen-bond donors (Lipinski definition) is 3. The van der Waals surface area contributed by atoms with Crippen molar-refractivity contribution in [1.82, 2.24) is 15.5 Å². The predicted octanol–water partition coefficient (Wildman–Crippen LogP) is 3.82. The Morgan fingerprint density at radius 2 is 1.64 bits per heavy atom. The van der Waals surface area contributed by atoms with Crippen LogP contribution < -0.4 is 15.5 Å². The minimum atomic E-state index is -1.15. The molecule has 4 rings (SSSR count). The van der Waals surface area contributed by atoms with Crippen molar-refractivity contribution in [2.45, 2.75) is 77.5 Å². The van der Waals surface area contributed by atoms with Gasteiger partial charge in [-0.3, -0.25) is 24.1 Å². The van der Waals surface area contributed by atoms with Gasteiger partial charge in [-0.1, -0.05) is 48.7 Å². The van der Waals surface area contributed by atoms with E-state index in [1.807, 2.05) is 0 Å². The maximum atomic E-state index is 13.4. The monoisotopic (exact) mass is 596 g/mol. The van der Waals surface area contributed by atoms with Gasteiger partial charge in [0.15, 0.2) is 0 Å². The molecule has 11 heteroatoms. The van der Waals surface area contributed by atoms with Gasteiger partial charge in [-0.15, -0.1) is 0 Å². The van der Waals surface area contributed by atoms with Crippen LogP contribution in [0.3, 0.4) is 0 Å². The van der Waals surface area contributed by atoms with Crippen LogP contribution in [0.15, 0.2) is 48.5 Å². The van der Waals surface area contributed by atoms with Crippen molar-refractivity contribution in [3.05, 3.63) is 64.7 Å². The molecular weight excluding hydrogens is 560 g/mol. The first-order chi connectivity index (χ1) is 19.9. The van der Waals surface area contributed by atoms with E-state index in [0.717, 1.165) is 18.4 Å². The molecule has 224 valence electrons. The fraction of sp³-hybridized carbons (Fsp3) is 0.452. The van der Waals surface area contributed by atoms with Crippen LogP contribution in [0.5, 0.6) is 0 Å². The molecule has 2 aliphatic rings. The van der Waals surface area contributed by atoms with Crippen LogP contribution in [0.1, 0.15) is 70.2 Å². The van der Waals surface area contributed by atoms with Gasteiger partial charge in [-0.25, -0.2) is 4.79 Å². The highest BCUT2D eigenvalue weighted by molar-refractivity contribution is 6.30. The molecule has 1 saturated heterocycles. The Hall–Kier alpha value is -3.92. The van der Waals surface area contributed by atoms with Crippen LogP contribution in [-0.2, 0) is 30.4 Å². The number of carboxylic acid groups (broad SMARTS) is 1. The molecule has 10 nitrogen and oxygen atoms in total. The number of halogens is 1. The first-order valence-corrected chi connectivity index (χ1v) is 14.6. The van der Waals surface area contributed by atoms with Gasteiger partial charge in [0.1, 0.15) is 18.2 Å². The molecule has 2 aromatic carbocycles. The minimum Gasteiger partial charge on any atom is -0.480 e. The summed E-state index contributed by atoms with van der Waals surface area (Å²) in [5.41, 5.74) is 1.24. The van der Waals surface area contributed by atoms with Crippen molar-refractivity contribution in [1.29, 1.82) is 0 Å². The van der Waals surface area contributed by atoms with E-state index in [1.54, 1.807) is 60.4 Å². The lowest BCUT2D eigenvalue weighted by Gasteiger charge is -2.31. The zero-order chi connectivity index (χ0) is 30.6. The smallest absolute Gasteiger partial charge is 0.326 e. The molecule has 2 unspecified atom stereocenters. The number of nitrogens with one attached hydrogen (secondary N) is 2. The molecule has 0 aromatic heterocycles. The minimum absolute atomic E-state index is 0.0493. The van der Waals surface area contributed by atoms with Crippen LogP contribution in [0.25, 0.3) is 0 Å². The zero-order valence-corrected chi connectivity index (χ0v) is 24.8. The summed E-state index contributed by atoms with van der Waals surface area (Å²) in [6.45, 7) is 4.89. The normalized spacial score (nSPS) is 20.3. The summed E-state index contributed by atoms with van der Waals surface area (Å²) in [6.07, 6.45) is 2.87. The molecule has 1 heterocycles. The molecule has 4 amide bonds. The summed E-state index contributed by atoms with van der Waals surface area (Å²) >= 11 is 6.07. The molecule has 0 bridgehead atoms. The van der Waals surface area contributed by atoms with Crippen LogP contribution in [-0.4, -0.2) is 58.2 Å². The summed E-state index contributed by atoms with van der Waals surface area (Å²) in [5, 5.41) is 16.0. The van der Waals surface area contributed by atoms with Crippen molar-refractivity contribution >= 4 is 46.9 Å². The molecule has 3 atom stereocenters. The Balaban J connectivity index is 1.52. The molecule has 1 saturated carbocycles. The number of amides is 4. The SMILES string of the molecule is CC(=O)NCCC1(C(=O)NC(Cc2ccc(N3C(=O)[C@@H](C)N(C(C)=O)C3c3ccc(Cl)cc3)cc2)C(=O)O)CCCC1. The Morgan fingerprint density at radius 3 is 2.19 bits per heavy atom. The van der Waals surface area contributed by atoms with Gasteiger partial charge < -0.3 is 20.6 Å². The standard InChI is InChI=1S/C31H37ClN4O6/c1-19-28(39)36(27(35(19)21(3)38)23-8-10-24(32)11-9-23)25-12-6-22(7-13-25)18-26(29(40)41)34-30(42)31(14-4-5-15-31)16-17-33-20(2)37/h6-13,19,26-27H,4-5,14-18H2,1-3H3,(H,33,37)(H,34,42)(H,40,41)/t19-,26?,27?/m1/s1. The van der Waals surface area contributed by atoms with Gasteiger partial charge in [0, 0.05) is 37.5 Å². The molecule has 1 aliphatic heterocycles. The van der Waals surface area contributed by atoms with E-state index in [4.69, 9.17) is 11.6 Å². The van der Waals surface area contributed by atoms with E-state index in [1.165, 1.54) is 18.7 Å². The number of carboxylic acids is 1. The van der Waals surface area contributed by atoms with Gasteiger partial charge in [-0.05, 0) is 61.6 Å². The second kappa shape index (κ2) is 12.9. The third-order valence-corrected chi connectivity index (χ3v) is 8.58. The van der Waals surface area contributed by atoms with Crippen LogP contribution in [0, 0.1) is 5.41 Å². The number of aliphatic carboxylic acids is 1. The molecule has 2 fully saturated rings. The largest absolute Gasteiger partial charge is 0.480 e. The Kier molecular flexibility index (Phi) is 9.56. The lowest BCUT2D eigenvalue weighted by molar-refractivity contribution is -0.144. The van der Waals surface area contributed by atoms with Gasteiger partial charge in [0.05, 0.1) is 5.41 Å². The molecule has 0 spiro atoms. The first-order valence-electron chi connectivity index (χ1n) is 14.2. The van der Waals surface area contributed by atoms with E-state index in [2.05, 4.69) is 10.6 Å². The number of nitrogens with zero attached hydrogens (tertiary/aromatic N) is 2. The van der Waals surface area contributed by atoms with Crippen LogP contribution >= 0.6 is 11.6 Å². The summed E-state index contributed by atoms with van der Waals surface area (Å²) in [7, 11) is 0. The van der Waals surface area contributed by atoms with E-state index in [-0.39, 0.29) is 30.0 Å². The molecule has 1 aliphatic carbocycles. The molecule has 42 heavy (non-hydrogen) atoms. The number of carbonyl (C=O) groups is 5.